The van der Waals surface area contributed by atoms with Gasteiger partial charge >= 0.3 is 5.97 Å². The molecule has 0 spiro atoms. The van der Waals surface area contributed by atoms with Crippen LogP contribution in [0.4, 0.5) is 5.82 Å². The quantitative estimate of drug-likeness (QED) is 0.520. The Morgan fingerprint density at radius 3 is 2.83 bits per heavy atom. The average Bonchev–Trinajstić information content (AvgIpc) is 2.69. The molecule has 1 aromatic heterocycles. The van der Waals surface area contributed by atoms with Crippen molar-refractivity contribution < 1.29 is 20.1 Å². The molecule has 0 aliphatic carbocycles. The average molecular weight is 251 g/mol. The Morgan fingerprint density at radius 1 is 1.44 bits per heavy atom. The van der Waals surface area contributed by atoms with Crippen LogP contribution in [0.25, 0.3) is 10.9 Å². The number of aliphatic hydroxyl groups excluding tert-OH is 2. The molecular weight excluding hydrogens is 238 g/mol. The van der Waals surface area contributed by atoms with Gasteiger partial charge in [0.2, 0.25) is 0 Å². The van der Waals surface area contributed by atoms with Gasteiger partial charge in [0.1, 0.15) is 6.10 Å². The number of nitrogen functional groups attached to an aromatic ring is 1. The van der Waals surface area contributed by atoms with Crippen molar-refractivity contribution in [3.63, 3.8) is 0 Å². The first kappa shape index (κ1) is 12.3. The number of hydrogen-bond acceptors (Lipinski definition) is 5. The molecule has 0 saturated carbocycles. The first-order chi connectivity index (χ1) is 8.49. The van der Waals surface area contributed by atoms with E-state index in [9.17, 15) is 15.0 Å². The number of H-pyrrole nitrogens is 1. The monoisotopic (exact) mass is 251 g/mol. The fourth-order valence-corrected chi connectivity index (χ4v) is 1.76. The summed E-state index contributed by atoms with van der Waals surface area (Å²) in [5, 5.41) is 35.1. The van der Waals surface area contributed by atoms with Crippen molar-refractivity contribution in [1.82, 2.24) is 10.2 Å². The topological polar surface area (TPSA) is 132 Å². The summed E-state index contributed by atoms with van der Waals surface area (Å²) in [6, 6.07) is 4.80. The number of aromatic nitrogens is 2. The van der Waals surface area contributed by atoms with Gasteiger partial charge in [-0.25, -0.2) is 0 Å². The second kappa shape index (κ2) is 4.63. The van der Waals surface area contributed by atoms with Crippen LogP contribution in [-0.2, 0) is 4.79 Å². The summed E-state index contributed by atoms with van der Waals surface area (Å²) >= 11 is 0. The predicted molar refractivity (Wildman–Crippen MR) is 63.7 cm³/mol. The number of aliphatic carboxylic acids is 1. The number of fused-ring (bicyclic) bond motifs is 1. The lowest BCUT2D eigenvalue weighted by atomic mass is 10.0. The molecule has 1 heterocycles. The van der Waals surface area contributed by atoms with Crippen LogP contribution in [0.1, 0.15) is 18.1 Å². The Morgan fingerprint density at radius 2 is 2.17 bits per heavy atom. The highest BCUT2D eigenvalue weighted by Crippen LogP contribution is 2.24. The van der Waals surface area contributed by atoms with Crippen molar-refractivity contribution in [3.05, 3.63) is 23.8 Å². The summed E-state index contributed by atoms with van der Waals surface area (Å²) in [6.45, 7) is 0. The number of carbonyl (C=O) groups is 1. The zero-order chi connectivity index (χ0) is 13.3. The van der Waals surface area contributed by atoms with Crippen molar-refractivity contribution in [2.24, 2.45) is 0 Å². The molecule has 2 aromatic rings. The molecule has 0 amide bonds. The van der Waals surface area contributed by atoms with Gasteiger partial charge in [-0.1, -0.05) is 6.07 Å². The molecule has 0 saturated heterocycles. The normalized spacial score (nSPS) is 14.6. The fraction of sp³-hybridized carbons (Fsp3) is 0.273. The molecule has 0 aliphatic heterocycles. The molecule has 96 valence electrons. The second-order valence-corrected chi connectivity index (χ2v) is 4.02. The van der Waals surface area contributed by atoms with Gasteiger partial charge < -0.3 is 21.1 Å². The Labute approximate surface area is 102 Å². The first-order valence-corrected chi connectivity index (χ1v) is 5.30. The van der Waals surface area contributed by atoms with E-state index in [1.165, 1.54) is 0 Å². The van der Waals surface area contributed by atoms with Crippen LogP contribution in [-0.4, -0.2) is 37.6 Å². The van der Waals surface area contributed by atoms with E-state index in [1.54, 1.807) is 18.2 Å². The third kappa shape index (κ3) is 2.27. The van der Waals surface area contributed by atoms with Gasteiger partial charge in [-0.15, -0.1) is 0 Å². The van der Waals surface area contributed by atoms with Crippen LogP contribution in [0.15, 0.2) is 18.2 Å². The van der Waals surface area contributed by atoms with Crippen LogP contribution >= 0.6 is 0 Å². The minimum absolute atomic E-state index is 0.345. The lowest BCUT2D eigenvalue weighted by Gasteiger charge is -2.16. The number of rotatable bonds is 4. The molecule has 18 heavy (non-hydrogen) atoms. The maximum Gasteiger partial charge on any atom is 0.306 e. The highest BCUT2D eigenvalue weighted by atomic mass is 16.4. The van der Waals surface area contributed by atoms with Gasteiger partial charge in [0, 0.05) is 5.39 Å². The summed E-state index contributed by atoms with van der Waals surface area (Å²) in [5.41, 5.74) is 6.62. The lowest BCUT2D eigenvalue weighted by molar-refractivity contribution is -0.141. The lowest BCUT2D eigenvalue weighted by Crippen LogP contribution is -2.21. The summed E-state index contributed by atoms with van der Waals surface area (Å²) in [5.74, 6) is -0.828. The third-order valence-electron chi connectivity index (χ3n) is 2.71. The molecule has 6 N–H and O–H groups in total. The van der Waals surface area contributed by atoms with Crippen LogP contribution < -0.4 is 5.73 Å². The van der Waals surface area contributed by atoms with Gasteiger partial charge in [0.15, 0.2) is 5.82 Å². The summed E-state index contributed by atoms with van der Waals surface area (Å²) in [7, 11) is 0. The van der Waals surface area contributed by atoms with Gasteiger partial charge in [-0.2, -0.15) is 5.10 Å². The highest BCUT2D eigenvalue weighted by molar-refractivity contribution is 5.88. The predicted octanol–water partition coefficient (Wildman–Crippen LogP) is 0.0141. The van der Waals surface area contributed by atoms with Gasteiger partial charge in [-0.05, 0) is 17.7 Å². The van der Waals surface area contributed by atoms with E-state index in [4.69, 9.17) is 10.8 Å². The zero-order valence-electron chi connectivity index (χ0n) is 9.37. The third-order valence-corrected chi connectivity index (χ3v) is 2.71. The number of anilines is 1. The van der Waals surface area contributed by atoms with Crippen LogP contribution in [0.5, 0.6) is 0 Å². The number of nitrogens with one attached hydrogen (secondary N) is 1. The van der Waals surface area contributed by atoms with E-state index in [0.717, 1.165) is 0 Å². The number of aromatic amines is 1. The molecule has 0 aliphatic rings. The SMILES string of the molecule is Nc1n[nH]c2cc(C(O)C(O)CC(=O)O)ccc12. The molecule has 0 radical (unpaired) electrons. The van der Waals surface area contributed by atoms with Gasteiger partial charge in [0.05, 0.1) is 18.0 Å². The first-order valence-electron chi connectivity index (χ1n) is 5.30. The molecular formula is C11H13N3O4. The zero-order valence-corrected chi connectivity index (χ0v) is 9.37. The molecule has 2 atom stereocenters. The van der Waals surface area contributed by atoms with Crippen molar-refractivity contribution >= 4 is 22.7 Å². The van der Waals surface area contributed by atoms with Crippen LogP contribution in [0, 0.1) is 0 Å². The molecule has 2 rings (SSSR count). The van der Waals surface area contributed by atoms with Crippen LogP contribution in [0.3, 0.4) is 0 Å². The molecule has 0 fully saturated rings. The number of carboxylic acid groups (broad SMARTS) is 1. The van der Waals surface area contributed by atoms with E-state index < -0.39 is 24.6 Å². The van der Waals surface area contributed by atoms with Crippen molar-refractivity contribution in [1.29, 1.82) is 0 Å². The minimum Gasteiger partial charge on any atom is -0.481 e. The van der Waals surface area contributed by atoms with E-state index in [0.29, 0.717) is 22.3 Å². The standard InChI is InChI=1S/C11H13N3O4/c12-11-6-2-1-5(3-7(6)13-14-11)10(18)8(15)4-9(16)17/h1-3,8,10,15,18H,4H2,(H,16,17)(H3,12,13,14). The van der Waals surface area contributed by atoms with Crippen molar-refractivity contribution in [3.8, 4) is 0 Å². The van der Waals surface area contributed by atoms with Gasteiger partial charge in [-0.3, -0.25) is 9.89 Å². The molecule has 7 heteroatoms. The molecule has 2 unspecified atom stereocenters. The number of nitrogens with two attached hydrogens (primary N) is 1. The van der Waals surface area contributed by atoms with Crippen molar-refractivity contribution in [2.45, 2.75) is 18.6 Å². The second-order valence-electron chi connectivity index (χ2n) is 4.02. The molecule has 7 nitrogen and oxygen atoms in total. The summed E-state index contributed by atoms with van der Waals surface area (Å²) < 4.78 is 0. The molecule has 1 aromatic carbocycles. The summed E-state index contributed by atoms with van der Waals surface area (Å²) in [6.07, 6.45) is -3.15. The fourth-order valence-electron chi connectivity index (χ4n) is 1.76. The minimum atomic E-state index is -1.36. The Kier molecular flexibility index (Phi) is 3.17. The Balaban J connectivity index is 2.27. The Bertz CT molecular complexity index is 581. The maximum atomic E-state index is 10.5. The number of hydrogen-bond donors (Lipinski definition) is 5. The number of nitrogens with zero attached hydrogens (tertiary/aromatic N) is 1. The van der Waals surface area contributed by atoms with E-state index in [-0.39, 0.29) is 0 Å². The highest BCUT2D eigenvalue weighted by Gasteiger charge is 2.21. The largest absolute Gasteiger partial charge is 0.481 e. The van der Waals surface area contributed by atoms with E-state index in [1.807, 2.05) is 0 Å². The van der Waals surface area contributed by atoms with Crippen LogP contribution in [0.2, 0.25) is 0 Å². The van der Waals surface area contributed by atoms with E-state index in [2.05, 4.69) is 10.2 Å². The van der Waals surface area contributed by atoms with Crippen molar-refractivity contribution in [2.75, 3.05) is 5.73 Å². The number of carboxylic acids is 1. The van der Waals surface area contributed by atoms with E-state index >= 15 is 0 Å². The smallest absolute Gasteiger partial charge is 0.306 e. The number of benzene rings is 1. The van der Waals surface area contributed by atoms with Gasteiger partial charge in [0.25, 0.3) is 0 Å². The Hall–Kier alpha value is -2.12. The molecule has 0 bridgehead atoms. The summed E-state index contributed by atoms with van der Waals surface area (Å²) in [4.78, 5) is 10.5. The maximum absolute atomic E-state index is 10.5. The number of aliphatic hydroxyl groups is 2.